The van der Waals surface area contributed by atoms with Crippen molar-refractivity contribution in [2.24, 2.45) is 0 Å². The monoisotopic (exact) mass is 433 g/mol. The molecule has 0 aromatic heterocycles. The van der Waals surface area contributed by atoms with Crippen molar-refractivity contribution >= 4 is 5.91 Å². The molecular formula is C14H10F11NO2. The van der Waals surface area contributed by atoms with Gasteiger partial charge in [-0.2, -0.15) is 48.3 Å². The summed E-state index contributed by atoms with van der Waals surface area (Å²) in [5, 5.41) is 1.24. The Kier molecular flexibility index (Phi) is 6.29. The lowest BCUT2D eigenvalue weighted by Gasteiger charge is -2.34. The van der Waals surface area contributed by atoms with Gasteiger partial charge in [0.1, 0.15) is 0 Å². The minimum Gasteiger partial charge on any atom is -0.344 e. The van der Waals surface area contributed by atoms with Crippen LogP contribution >= 0.6 is 0 Å². The Bertz CT molecular complexity index is 687. The first-order chi connectivity index (χ1) is 12.4. The fourth-order valence-corrected chi connectivity index (χ4v) is 1.75. The highest BCUT2D eigenvalue weighted by atomic mass is 19.4. The van der Waals surface area contributed by atoms with Gasteiger partial charge < -0.3 is 5.32 Å². The largest absolute Gasteiger partial charge is 0.462 e. The molecule has 0 aliphatic heterocycles. The quantitative estimate of drug-likeness (QED) is 0.649. The molecule has 0 aliphatic rings. The highest BCUT2D eigenvalue weighted by molar-refractivity contribution is 5.85. The average molecular weight is 433 g/mol. The molecule has 0 heterocycles. The molecule has 0 saturated carbocycles. The highest BCUT2D eigenvalue weighted by Crippen LogP contribution is 2.51. The molecule has 2 atom stereocenters. The van der Waals surface area contributed by atoms with Crippen LogP contribution in [0.4, 0.5) is 48.3 Å². The van der Waals surface area contributed by atoms with Crippen LogP contribution < -0.4 is 5.32 Å². The minimum absolute atomic E-state index is 0.0350. The van der Waals surface area contributed by atoms with Crippen LogP contribution in [0, 0.1) is 0 Å². The van der Waals surface area contributed by atoms with Crippen LogP contribution in [0.15, 0.2) is 30.3 Å². The Hall–Kier alpha value is -2.12. The number of nitrogens with one attached hydrogen (secondary N) is 1. The van der Waals surface area contributed by atoms with Crippen molar-refractivity contribution in [3.8, 4) is 0 Å². The minimum atomic E-state index is -7.23. The van der Waals surface area contributed by atoms with Crippen LogP contribution in [0.25, 0.3) is 0 Å². The van der Waals surface area contributed by atoms with Crippen LogP contribution in [-0.2, 0) is 9.53 Å². The van der Waals surface area contributed by atoms with Crippen LogP contribution in [0.2, 0.25) is 0 Å². The van der Waals surface area contributed by atoms with E-state index >= 15 is 0 Å². The Morgan fingerprint density at radius 3 is 1.71 bits per heavy atom. The summed E-state index contributed by atoms with van der Waals surface area (Å²) in [5.74, 6) is -16.5. The third-order valence-electron chi connectivity index (χ3n) is 3.29. The van der Waals surface area contributed by atoms with Crippen molar-refractivity contribution in [3.05, 3.63) is 35.9 Å². The summed E-state index contributed by atoms with van der Waals surface area (Å²) in [6.07, 6.45) is -20.9. The lowest BCUT2D eigenvalue weighted by Crippen LogP contribution is -2.63. The predicted octanol–water partition coefficient (Wildman–Crippen LogP) is 4.90. The molecule has 1 amide bonds. The van der Waals surface area contributed by atoms with E-state index in [1.807, 2.05) is 0 Å². The third-order valence-corrected chi connectivity index (χ3v) is 3.29. The molecule has 1 N–H and O–H groups in total. The molecule has 0 bridgehead atoms. The number of ether oxygens (including phenoxy) is 1. The normalized spacial score (nSPS) is 17.0. The van der Waals surface area contributed by atoms with E-state index in [0.29, 0.717) is 0 Å². The van der Waals surface area contributed by atoms with E-state index in [1.54, 1.807) is 0 Å². The Balaban J connectivity index is 3.24. The number of hydrogen-bond acceptors (Lipinski definition) is 2. The summed E-state index contributed by atoms with van der Waals surface area (Å²) in [6.45, 7) is 0.965. The summed E-state index contributed by atoms with van der Waals surface area (Å²) >= 11 is 0. The van der Waals surface area contributed by atoms with Crippen molar-refractivity contribution in [3.63, 3.8) is 0 Å². The van der Waals surface area contributed by atoms with Gasteiger partial charge in [-0.1, -0.05) is 30.3 Å². The second-order valence-corrected chi connectivity index (χ2v) is 5.39. The van der Waals surface area contributed by atoms with Crippen LogP contribution in [0.3, 0.4) is 0 Å². The molecule has 0 aliphatic carbocycles. The van der Waals surface area contributed by atoms with Gasteiger partial charge in [0.05, 0.1) is 6.04 Å². The van der Waals surface area contributed by atoms with Crippen molar-refractivity contribution in [2.45, 2.75) is 43.2 Å². The molecule has 3 nitrogen and oxygen atoms in total. The number of benzene rings is 1. The summed E-state index contributed by atoms with van der Waals surface area (Å²) < 4.78 is 142. The lowest BCUT2D eigenvalue weighted by atomic mass is 10.1. The van der Waals surface area contributed by atoms with Crippen LogP contribution in [-0.4, -0.2) is 36.1 Å². The standard InChI is InChI=1S/C14H10F11NO2/c1-7(8-5-3-2-4-6-8)26-9(27)10(15,12(18,19)20)28-14(24,25)11(16,17)13(21,22)23/h2-7H,1H3,(H,26,27)/t7-,10+/m1/s1. The molecule has 0 unspecified atom stereocenters. The molecule has 0 radical (unpaired) electrons. The Morgan fingerprint density at radius 2 is 1.32 bits per heavy atom. The van der Waals surface area contributed by atoms with Gasteiger partial charge in [0.2, 0.25) is 0 Å². The van der Waals surface area contributed by atoms with Crippen molar-refractivity contribution in [1.29, 1.82) is 0 Å². The molecule has 160 valence electrons. The maximum absolute atomic E-state index is 14.0. The highest BCUT2D eigenvalue weighted by Gasteiger charge is 2.79. The molecule has 0 saturated heterocycles. The van der Waals surface area contributed by atoms with Crippen LogP contribution in [0.5, 0.6) is 0 Å². The molecule has 1 aromatic rings. The first-order valence-corrected chi connectivity index (χ1v) is 7.01. The fraction of sp³-hybridized carbons (Fsp3) is 0.500. The van der Waals surface area contributed by atoms with E-state index in [4.69, 9.17) is 0 Å². The number of halogens is 11. The van der Waals surface area contributed by atoms with Gasteiger partial charge in [0, 0.05) is 0 Å². The summed E-state index contributed by atoms with van der Waals surface area (Å²) in [5.41, 5.74) is 0.0350. The van der Waals surface area contributed by atoms with Gasteiger partial charge in [-0.05, 0) is 12.5 Å². The second-order valence-electron chi connectivity index (χ2n) is 5.39. The van der Waals surface area contributed by atoms with Gasteiger partial charge in [-0.25, -0.2) is 0 Å². The number of hydrogen-bond donors (Lipinski definition) is 1. The zero-order valence-corrected chi connectivity index (χ0v) is 13.4. The fourth-order valence-electron chi connectivity index (χ4n) is 1.75. The molecule has 14 heteroatoms. The topological polar surface area (TPSA) is 38.3 Å². The summed E-state index contributed by atoms with van der Waals surface area (Å²) in [4.78, 5) is 11.6. The second kappa shape index (κ2) is 7.37. The smallest absolute Gasteiger partial charge is 0.344 e. The van der Waals surface area contributed by atoms with E-state index in [2.05, 4.69) is 4.74 Å². The number of alkyl halides is 11. The van der Waals surface area contributed by atoms with Gasteiger partial charge in [-0.15, -0.1) is 0 Å². The van der Waals surface area contributed by atoms with Crippen molar-refractivity contribution in [2.75, 3.05) is 0 Å². The van der Waals surface area contributed by atoms with Gasteiger partial charge in [-0.3, -0.25) is 9.53 Å². The SMILES string of the molecule is C[C@@H](NC(=O)[C@](F)(OC(F)(F)C(F)(F)C(F)(F)F)C(F)(F)F)c1ccccc1. The summed E-state index contributed by atoms with van der Waals surface area (Å²) in [7, 11) is 0. The van der Waals surface area contributed by atoms with Gasteiger partial charge in [0.15, 0.2) is 0 Å². The number of amides is 1. The predicted molar refractivity (Wildman–Crippen MR) is 69.9 cm³/mol. The average Bonchev–Trinajstić information content (AvgIpc) is 2.52. The molecule has 1 rings (SSSR count). The molecule has 0 fully saturated rings. The maximum atomic E-state index is 14.0. The van der Waals surface area contributed by atoms with E-state index in [0.717, 1.165) is 6.92 Å². The zero-order chi connectivity index (χ0) is 22.2. The zero-order valence-electron chi connectivity index (χ0n) is 13.4. The van der Waals surface area contributed by atoms with Gasteiger partial charge in [0.25, 0.3) is 5.91 Å². The Morgan fingerprint density at radius 1 is 0.857 bits per heavy atom. The van der Waals surface area contributed by atoms with Gasteiger partial charge >= 0.3 is 30.2 Å². The number of carbonyl (C=O) groups excluding carboxylic acids is 1. The maximum Gasteiger partial charge on any atom is 0.462 e. The van der Waals surface area contributed by atoms with Crippen LogP contribution in [0.1, 0.15) is 18.5 Å². The van der Waals surface area contributed by atoms with E-state index in [9.17, 15) is 53.1 Å². The third kappa shape index (κ3) is 4.47. The van der Waals surface area contributed by atoms with E-state index in [1.165, 1.54) is 35.6 Å². The van der Waals surface area contributed by atoms with Crippen molar-refractivity contribution in [1.82, 2.24) is 5.32 Å². The van der Waals surface area contributed by atoms with E-state index < -0.39 is 42.2 Å². The first kappa shape index (κ1) is 23.9. The lowest BCUT2D eigenvalue weighted by molar-refractivity contribution is -0.473. The first-order valence-electron chi connectivity index (χ1n) is 7.01. The molecule has 1 aromatic carbocycles. The van der Waals surface area contributed by atoms with E-state index in [-0.39, 0.29) is 5.56 Å². The summed E-state index contributed by atoms with van der Waals surface area (Å²) in [6, 6.07) is 5.05. The number of rotatable bonds is 6. The van der Waals surface area contributed by atoms with Crippen molar-refractivity contribution < 1.29 is 57.8 Å². The Labute approximate surface area is 149 Å². The number of carbonyl (C=O) groups is 1. The molecule has 0 spiro atoms. The molecular weight excluding hydrogens is 423 g/mol. The molecule has 28 heavy (non-hydrogen) atoms.